The molecule has 0 aliphatic carbocycles. The highest BCUT2D eigenvalue weighted by molar-refractivity contribution is 5.84. The fourth-order valence-corrected chi connectivity index (χ4v) is 1.52. The van der Waals surface area contributed by atoms with Crippen molar-refractivity contribution in [2.75, 3.05) is 0 Å². The van der Waals surface area contributed by atoms with Crippen LogP contribution in [0.3, 0.4) is 0 Å². The number of benzene rings is 1. The summed E-state index contributed by atoms with van der Waals surface area (Å²) in [5.74, 6) is -2.24. The van der Waals surface area contributed by atoms with E-state index in [0.29, 0.717) is 5.56 Å². The summed E-state index contributed by atoms with van der Waals surface area (Å²) >= 11 is 0. The maximum absolute atomic E-state index is 11.3. The Kier molecular flexibility index (Phi) is 4.93. The molecular formula is C13H15NO5. The highest BCUT2D eigenvalue weighted by Gasteiger charge is 2.20. The maximum atomic E-state index is 11.3. The number of phenols is 2. The summed E-state index contributed by atoms with van der Waals surface area (Å²) in [6, 6.07) is 2.89. The number of carboxylic acid groups (broad SMARTS) is 1. The average molecular weight is 265 g/mol. The van der Waals surface area contributed by atoms with Crippen molar-refractivity contribution in [1.29, 1.82) is 0 Å². The molecule has 1 amide bonds. The number of carbonyl (C=O) groups is 2. The number of carboxylic acids is 1. The quantitative estimate of drug-likeness (QED) is 0.449. The van der Waals surface area contributed by atoms with Crippen LogP contribution in [0.1, 0.15) is 12.0 Å². The second-order valence-electron chi connectivity index (χ2n) is 3.98. The van der Waals surface area contributed by atoms with Crippen LogP contribution in [0.5, 0.6) is 11.5 Å². The Labute approximate surface area is 110 Å². The number of hydrogen-bond acceptors (Lipinski definition) is 4. The number of aliphatic carboxylic acids is 1. The van der Waals surface area contributed by atoms with Gasteiger partial charge in [-0.2, -0.15) is 0 Å². The van der Waals surface area contributed by atoms with Gasteiger partial charge in [0.1, 0.15) is 6.04 Å². The van der Waals surface area contributed by atoms with Gasteiger partial charge in [0.25, 0.3) is 0 Å². The highest BCUT2D eigenvalue weighted by atomic mass is 16.4. The van der Waals surface area contributed by atoms with Gasteiger partial charge >= 0.3 is 5.97 Å². The molecule has 0 heterocycles. The molecule has 0 aromatic heterocycles. The van der Waals surface area contributed by atoms with Crippen molar-refractivity contribution in [2.24, 2.45) is 0 Å². The molecule has 1 atom stereocenters. The van der Waals surface area contributed by atoms with Gasteiger partial charge < -0.3 is 20.6 Å². The van der Waals surface area contributed by atoms with E-state index < -0.39 is 17.9 Å². The molecule has 0 spiro atoms. The van der Waals surface area contributed by atoms with Crippen LogP contribution in [0.2, 0.25) is 0 Å². The van der Waals surface area contributed by atoms with Gasteiger partial charge in [-0.05, 0) is 17.7 Å². The fourth-order valence-electron chi connectivity index (χ4n) is 1.52. The summed E-state index contributed by atoms with van der Waals surface area (Å²) in [4.78, 5) is 22.4. The van der Waals surface area contributed by atoms with Gasteiger partial charge in [-0.15, -0.1) is 6.58 Å². The van der Waals surface area contributed by atoms with Gasteiger partial charge in [0.05, 0.1) is 0 Å². The predicted molar refractivity (Wildman–Crippen MR) is 67.9 cm³/mol. The third-order valence-electron chi connectivity index (χ3n) is 2.44. The van der Waals surface area contributed by atoms with Crippen molar-refractivity contribution in [1.82, 2.24) is 5.32 Å². The Morgan fingerprint density at radius 1 is 1.32 bits per heavy atom. The van der Waals surface area contributed by atoms with Crippen LogP contribution in [0.25, 0.3) is 0 Å². The van der Waals surface area contributed by atoms with E-state index in [1.807, 2.05) is 0 Å². The molecule has 0 saturated heterocycles. The van der Waals surface area contributed by atoms with E-state index in [1.54, 1.807) is 0 Å². The van der Waals surface area contributed by atoms with Gasteiger partial charge in [0.2, 0.25) is 5.91 Å². The SMILES string of the molecule is C=CCC(=O)NC(Cc1ccc(O)c(O)c1)C(=O)O. The van der Waals surface area contributed by atoms with E-state index in [-0.39, 0.29) is 24.3 Å². The molecule has 19 heavy (non-hydrogen) atoms. The Bertz CT molecular complexity index is 498. The van der Waals surface area contributed by atoms with E-state index in [0.717, 1.165) is 0 Å². The summed E-state index contributed by atoms with van der Waals surface area (Å²) in [6.45, 7) is 3.39. The van der Waals surface area contributed by atoms with E-state index in [1.165, 1.54) is 24.3 Å². The van der Waals surface area contributed by atoms with Crippen molar-refractivity contribution >= 4 is 11.9 Å². The molecule has 0 aliphatic rings. The first-order valence-corrected chi connectivity index (χ1v) is 5.58. The lowest BCUT2D eigenvalue weighted by Crippen LogP contribution is -2.42. The summed E-state index contributed by atoms with van der Waals surface area (Å²) in [5.41, 5.74) is 0.488. The van der Waals surface area contributed by atoms with Gasteiger partial charge in [-0.1, -0.05) is 12.1 Å². The first kappa shape index (κ1) is 14.6. The van der Waals surface area contributed by atoms with Crippen molar-refractivity contribution in [3.63, 3.8) is 0 Å². The van der Waals surface area contributed by atoms with Crippen LogP contribution < -0.4 is 5.32 Å². The fraction of sp³-hybridized carbons (Fsp3) is 0.231. The van der Waals surface area contributed by atoms with Crippen molar-refractivity contribution in [3.8, 4) is 11.5 Å². The lowest BCUT2D eigenvalue weighted by molar-refractivity contribution is -0.141. The number of rotatable bonds is 6. The molecule has 1 rings (SSSR count). The molecule has 0 radical (unpaired) electrons. The largest absolute Gasteiger partial charge is 0.504 e. The lowest BCUT2D eigenvalue weighted by atomic mass is 10.1. The molecule has 1 unspecified atom stereocenters. The molecule has 102 valence electrons. The normalized spacial score (nSPS) is 11.6. The third-order valence-corrected chi connectivity index (χ3v) is 2.44. The van der Waals surface area contributed by atoms with Crippen molar-refractivity contribution < 1.29 is 24.9 Å². The monoisotopic (exact) mass is 265 g/mol. The first-order chi connectivity index (χ1) is 8.93. The van der Waals surface area contributed by atoms with Crippen molar-refractivity contribution in [2.45, 2.75) is 18.9 Å². The van der Waals surface area contributed by atoms with Crippen LogP contribution in [0.15, 0.2) is 30.9 Å². The molecule has 4 N–H and O–H groups in total. The number of phenolic OH excluding ortho intramolecular Hbond substituents is 2. The minimum atomic E-state index is -1.18. The van der Waals surface area contributed by atoms with Crippen LogP contribution in [0, 0.1) is 0 Å². The zero-order valence-electron chi connectivity index (χ0n) is 10.2. The van der Waals surface area contributed by atoms with Gasteiger partial charge in [-0.25, -0.2) is 4.79 Å². The van der Waals surface area contributed by atoms with E-state index >= 15 is 0 Å². The number of nitrogens with one attached hydrogen (secondary N) is 1. The number of amides is 1. The van der Waals surface area contributed by atoms with Crippen LogP contribution in [-0.2, 0) is 16.0 Å². The smallest absolute Gasteiger partial charge is 0.326 e. The average Bonchev–Trinajstić information content (AvgIpc) is 2.33. The molecule has 0 saturated carbocycles. The summed E-state index contributed by atoms with van der Waals surface area (Å²) in [6.07, 6.45) is 1.41. The Balaban J connectivity index is 2.78. The van der Waals surface area contributed by atoms with E-state index in [2.05, 4.69) is 11.9 Å². The molecular weight excluding hydrogens is 250 g/mol. The van der Waals surface area contributed by atoms with Crippen LogP contribution >= 0.6 is 0 Å². The zero-order chi connectivity index (χ0) is 14.4. The topological polar surface area (TPSA) is 107 Å². The Morgan fingerprint density at radius 3 is 2.53 bits per heavy atom. The molecule has 6 nitrogen and oxygen atoms in total. The van der Waals surface area contributed by atoms with Gasteiger partial charge in [0.15, 0.2) is 11.5 Å². The number of carbonyl (C=O) groups excluding carboxylic acids is 1. The summed E-state index contributed by atoms with van der Waals surface area (Å²) in [7, 11) is 0. The zero-order valence-corrected chi connectivity index (χ0v) is 10.2. The standard InChI is InChI=1S/C13H15NO5/c1-2-3-12(17)14-9(13(18)19)6-8-4-5-10(15)11(16)7-8/h2,4-5,7,9,15-16H,1,3,6H2,(H,14,17)(H,18,19). The minimum absolute atomic E-state index is 0.00601. The third kappa shape index (κ3) is 4.34. The maximum Gasteiger partial charge on any atom is 0.326 e. The van der Waals surface area contributed by atoms with Crippen molar-refractivity contribution in [3.05, 3.63) is 36.4 Å². The molecule has 0 aliphatic heterocycles. The Morgan fingerprint density at radius 2 is 2.00 bits per heavy atom. The van der Waals surface area contributed by atoms with Crippen LogP contribution in [0.4, 0.5) is 0 Å². The molecule has 1 aromatic carbocycles. The second-order valence-corrected chi connectivity index (χ2v) is 3.98. The second kappa shape index (κ2) is 6.44. The van der Waals surface area contributed by atoms with Gasteiger partial charge in [0, 0.05) is 12.8 Å². The minimum Gasteiger partial charge on any atom is -0.504 e. The highest BCUT2D eigenvalue weighted by Crippen LogP contribution is 2.25. The predicted octanol–water partition coefficient (Wildman–Crippen LogP) is 0.786. The first-order valence-electron chi connectivity index (χ1n) is 5.58. The molecule has 1 aromatic rings. The van der Waals surface area contributed by atoms with Crippen LogP contribution in [-0.4, -0.2) is 33.2 Å². The Hall–Kier alpha value is -2.50. The summed E-state index contributed by atoms with van der Waals surface area (Å²) < 4.78 is 0. The molecule has 0 bridgehead atoms. The van der Waals surface area contributed by atoms with Gasteiger partial charge in [-0.3, -0.25) is 4.79 Å². The molecule has 0 fully saturated rings. The van der Waals surface area contributed by atoms with E-state index in [4.69, 9.17) is 10.2 Å². The van der Waals surface area contributed by atoms with E-state index in [9.17, 15) is 14.7 Å². The number of hydrogen-bond donors (Lipinski definition) is 4. The summed E-state index contributed by atoms with van der Waals surface area (Å²) in [5, 5.41) is 29.8. The lowest BCUT2D eigenvalue weighted by Gasteiger charge is -2.14. The number of aromatic hydroxyl groups is 2. The molecule has 6 heteroatoms.